The fourth-order valence-electron chi connectivity index (χ4n) is 2.49. The molecule has 102 valence electrons. The van der Waals surface area contributed by atoms with Crippen LogP contribution in [0.5, 0.6) is 0 Å². The average Bonchev–Trinajstić information content (AvgIpc) is 2.85. The highest BCUT2D eigenvalue weighted by Crippen LogP contribution is 2.17. The molecule has 3 nitrogen and oxygen atoms in total. The first-order chi connectivity index (χ1) is 9.72. The molecule has 3 aromatic rings. The third kappa shape index (κ3) is 2.72. The van der Waals surface area contributed by atoms with Gasteiger partial charge in [0.25, 0.3) is 0 Å². The van der Waals surface area contributed by atoms with Gasteiger partial charge in [-0.3, -0.25) is 0 Å². The van der Waals surface area contributed by atoms with E-state index in [1.54, 1.807) is 0 Å². The maximum atomic E-state index is 4.26. The third-order valence-corrected chi connectivity index (χ3v) is 3.43. The molecule has 0 aliphatic rings. The Balaban J connectivity index is 1.87. The van der Waals surface area contributed by atoms with Gasteiger partial charge in [0.15, 0.2) is 0 Å². The van der Waals surface area contributed by atoms with Gasteiger partial charge in [-0.25, -0.2) is 0 Å². The van der Waals surface area contributed by atoms with Crippen molar-refractivity contribution in [2.75, 3.05) is 0 Å². The average molecular weight is 265 g/mol. The van der Waals surface area contributed by atoms with Crippen molar-refractivity contribution in [3.63, 3.8) is 0 Å². The zero-order valence-electron chi connectivity index (χ0n) is 12.0. The Hall–Kier alpha value is -2.16. The van der Waals surface area contributed by atoms with Crippen molar-refractivity contribution in [1.82, 2.24) is 14.8 Å². The summed E-state index contributed by atoms with van der Waals surface area (Å²) >= 11 is 0. The van der Waals surface area contributed by atoms with E-state index >= 15 is 0 Å². The number of nitrogens with zero attached hydrogens (tertiary/aromatic N) is 3. The van der Waals surface area contributed by atoms with Gasteiger partial charge in [-0.2, -0.15) is 0 Å². The molecular formula is C17H19N3. The first-order valence-corrected chi connectivity index (χ1v) is 7.07. The predicted octanol–water partition coefficient (Wildman–Crippen LogP) is 3.68. The molecule has 0 saturated heterocycles. The van der Waals surface area contributed by atoms with E-state index in [0.29, 0.717) is 5.92 Å². The fraction of sp³-hybridized carbons (Fsp3) is 0.294. The Morgan fingerprint density at radius 2 is 1.85 bits per heavy atom. The van der Waals surface area contributed by atoms with Crippen molar-refractivity contribution in [2.24, 2.45) is 5.92 Å². The summed E-state index contributed by atoms with van der Waals surface area (Å²) in [5.41, 5.74) is 1.28. The highest BCUT2D eigenvalue weighted by atomic mass is 15.3. The second-order valence-corrected chi connectivity index (χ2v) is 5.65. The van der Waals surface area contributed by atoms with E-state index in [0.717, 1.165) is 18.8 Å². The molecule has 0 aliphatic carbocycles. The van der Waals surface area contributed by atoms with Gasteiger partial charge >= 0.3 is 0 Å². The van der Waals surface area contributed by atoms with Crippen LogP contribution in [0, 0.1) is 5.92 Å². The summed E-state index contributed by atoms with van der Waals surface area (Å²) in [5.74, 6) is 1.63. The number of rotatable bonds is 4. The van der Waals surface area contributed by atoms with Crippen LogP contribution < -0.4 is 0 Å². The molecule has 0 fully saturated rings. The summed E-state index contributed by atoms with van der Waals surface area (Å²) in [5, 5.41) is 10.9. The summed E-state index contributed by atoms with van der Waals surface area (Å²) < 4.78 is 2.15. The van der Waals surface area contributed by atoms with Crippen LogP contribution in [0.3, 0.4) is 0 Å². The first-order valence-electron chi connectivity index (χ1n) is 7.07. The minimum Gasteiger partial charge on any atom is -0.317 e. The van der Waals surface area contributed by atoms with Gasteiger partial charge in [-0.1, -0.05) is 56.3 Å². The van der Waals surface area contributed by atoms with Crippen LogP contribution in [0.4, 0.5) is 0 Å². The van der Waals surface area contributed by atoms with Crippen LogP contribution in [0.15, 0.2) is 48.8 Å². The predicted molar refractivity (Wildman–Crippen MR) is 81.6 cm³/mol. The van der Waals surface area contributed by atoms with E-state index in [9.17, 15) is 0 Å². The van der Waals surface area contributed by atoms with Crippen LogP contribution in [-0.4, -0.2) is 14.8 Å². The topological polar surface area (TPSA) is 30.7 Å². The maximum absolute atomic E-state index is 4.26. The summed E-state index contributed by atoms with van der Waals surface area (Å²) in [7, 11) is 0. The molecule has 0 aliphatic heterocycles. The second-order valence-electron chi connectivity index (χ2n) is 5.65. The number of aromatic nitrogens is 3. The zero-order chi connectivity index (χ0) is 13.9. The van der Waals surface area contributed by atoms with Gasteiger partial charge in [0, 0.05) is 13.0 Å². The van der Waals surface area contributed by atoms with Gasteiger partial charge in [-0.05, 0) is 22.3 Å². The van der Waals surface area contributed by atoms with Crippen LogP contribution in [0.25, 0.3) is 10.8 Å². The van der Waals surface area contributed by atoms with Crippen LogP contribution in [-0.2, 0) is 13.0 Å². The largest absolute Gasteiger partial charge is 0.317 e. The molecular weight excluding hydrogens is 246 g/mol. The Bertz CT molecular complexity index is 713. The smallest absolute Gasteiger partial charge is 0.137 e. The lowest BCUT2D eigenvalue weighted by Crippen LogP contribution is -2.08. The van der Waals surface area contributed by atoms with Crippen molar-refractivity contribution < 1.29 is 0 Å². The highest BCUT2D eigenvalue weighted by Gasteiger charge is 2.07. The summed E-state index contributed by atoms with van der Waals surface area (Å²) in [6.45, 7) is 5.38. The van der Waals surface area contributed by atoms with Crippen molar-refractivity contribution in [2.45, 2.75) is 26.8 Å². The van der Waals surface area contributed by atoms with Crippen LogP contribution in [0.1, 0.15) is 25.2 Å². The third-order valence-electron chi connectivity index (χ3n) is 3.43. The standard InChI is InChI=1S/C17H19N3/c1-13(2)11-20-12-18-19-17(20)10-14-7-8-15-5-3-4-6-16(15)9-14/h3-9,12-13H,10-11H2,1-2H3. The van der Waals surface area contributed by atoms with Gasteiger partial charge in [0.2, 0.25) is 0 Å². The van der Waals surface area contributed by atoms with Crippen molar-refractivity contribution in [1.29, 1.82) is 0 Å². The molecule has 0 unspecified atom stereocenters. The Morgan fingerprint density at radius 3 is 2.65 bits per heavy atom. The Morgan fingerprint density at radius 1 is 1.05 bits per heavy atom. The minimum atomic E-state index is 0.598. The lowest BCUT2D eigenvalue weighted by Gasteiger charge is -2.09. The number of fused-ring (bicyclic) bond motifs is 1. The number of hydrogen-bond donors (Lipinski definition) is 0. The molecule has 2 aromatic carbocycles. The maximum Gasteiger partial charge on any atom is 0.137 e. The van der Waals surface area contributed by atoms with Gasteiger partial charge in [-0.15, -0.1) is 10.2 Å². The van der Waals surface area contributed by atoms with Gasteiger partial charge in [0.05, 0.1) is 0 Å². The quantitative estimate of drug-likeness (QED) is 0.720. The minimum absolute atomic E-state index is 0.598. The van der Waals surface area contributed by atoms with E-state index in [1.807, 2.05) is 6.33 Å². The molecule has 1 heterocycles. The van der Waals surface area contributed by atoms with E-state index in [1.165, 1.54) is 16.3 Å². The van der Waals surface area contributed by atoms with Crippen molar-refractivity contribution in [3.8, 4) is 0 Å². The molecule has 3 rings (SSSR count). The Kier molecular flexibility index (Phi) is 3.50. The summed E-state index contributed by atoms with van der Waals surface area (Å²) in [4.78, 5) is 0. The van der Waals surface area contributed by atoms with Crippen molar-refractivity contribution >= 4 is 10.8 Å². The monoisotopic (exact) mass is 265 g/mol. The molecule has 0 amide bonds. The normalized spacial score (nSPS) is 11.3. The molecule has 0 N–H and O–H groups in total. The number of hydrogen-bond acceptors (Lipinski definition) is 2. The van der Waals surface area contributed by atoms with E-state index < -0.39 is 0 Å². The lowest BCUT2D eigenvalue weighted by molar-refractivity contribution is 0.509. The first kappa shape index (κ1) is 12.9. The molecule has 1 aromatic heterocycles. The van der Waals surface area contributed by atoms with Gasteiger partial charge < -0.3 is 4.57 Å². The Labute approximate surface area is 119 Å². The van der Waals surface area contributed by atoms with Crippen LogP contribution in [0.2, 0.25) is 0 Å². The zero-order valence-corrected chi connectivity index (χ0v) is 12.0. The fourth-order valence-corrected chi connectivity index (χ4v) is 2.49. The van der Waals surface area contributed by atoms with Crippen molar-refractivity contribution in [3.05, 3.63) is 60.2 Å². The van der Waals surface area contributed by atoms with E-state index in [4.69, 9.17) is 0 Å². The lowest BCUT2D eigenvalue weighted by atomic mass is 10.0. The number of benzene rings is 2. The second kappa shape index (κ2) is 5.45. The SMILES string of the molecule is CC(C)Cn1cnnc1Cc1ccc2ccccc2c1. The van der Waals surface area contributed by atoms with Gasteiger partial charge in [0.1, 0.15) is 12.2 Å². The molecule has 0 radical (unpaired) electrons. The molecule has 0 spiro atoms. The van der Waals surface area contributed by atoms with Crippen LogP contribution >= 0.6 is 0 Å². The molecule has 0 saturated carbocycles. The highest BCUT2D eigenvalue weighted by molar-refractivity contribution is 5.83. The van der Waals surface area contributed by atoms with E-state index in [-0.39, 0.29) is 0 Å². The summed E-state index contributed by atoms with van der Waals surface area (Å²) in [6, 6.07) is 15.0. The molecule has 20 heavy (non-hydrogen) atoms. The molecule has 0 bridgehead atoms. The van der Waals surface area contributed by atoms with E-state index in [2.05, 4.69) is 71.1 Å². The molecule has 3 heteroatoms. The summed E-state index contributed by atoms with van der Waals surface area (Å²) in [6.07, 6.45) is 2.66. The molecule has 0 atom stereocenters.